The number of rotatable bonds is 1. The van der Waals surface area contributed by atoms with Crippen molar-refractivity contribution in [2.24, 2.45) is 0 Å². The highest BCUT2D eigenvalue weighted by Gasteiger charge is 2.32. The summed E-state index contributed by atoms with van der Waals surface area (Å²) in [4.78, 5) is 0. The summed E-state index contributed by atoms with van der Waals surface area (Å²) < 4.78 is 37.7. The van der Waals surface area contributed by atoms with Gasteiger partial charge in [-0.1, -0.05) is 0 Å². The summed E-state index contributed by atoms with van der Waals surface area (Å²) in [7, 11) is 0. The molecular formula is C4H5F3N2O. The monoisotopic (exact) mass is 154 g/mol. The van der Waals surface area contributed by atoms with E-state index in [1.165, 1.54) is 0 Å². The van der Waals surface area contributed by atoms with Gasteiger partial charge >= 0.3 is 6.36 Å². The molecule has 2 N–H and O–H groups in total. The molecule has 1 rings (SSSR count). The summed E-state index contributed by atoms with van der Waals surface area (Å²) >= 11 is 0. The zero-order valence-corrected chi connectivity index (χ0v) is 4.83. The van der Waals surface area contributed by atoms with Gasteiger partial charge in [0.15, 0.2) is 0 Å². The van der Waals surface area contributed by atoms with Crippen LogP contribution < -0.4 is 10.9 Å². The van der Waals surface area contributed by atoms with Crippen molar-refractivity contribution in [2.45, 2.75) is 6.36 Å². The molecule has 6 heteroatoms. The van der Waals surface area contributed by atoms with Gasteiger partial charge in [-0.3, -0.25) is 0 Å². The van der Waals surface area contributed by atoms with Crippen molar-refractivity contribution in [1.29, 1.82) is 0 Å². The van der Waals surface area contributed by atoms with Crippen LogP contribution in [0, 0.1) is 0 Å². The number of hydrogen-bond acceptors (Lipinski definition) is 3. The molecule has 0 amide bonds. The smallest absolute Gasteiger partial charge is 0.407 e. The Morgan fingerprint density at radius 3 is 2.60 bits per heavy atom. The molecule has 10 heavy (non-hydrogen) atoms. The molecule has 1 aliphatic rings. The fourth-order valence-electron chi connectivity index (χ4n) is 0.535. The Morgan fingerprint density at radius 1 is 1.50 bits per heavy atom. The Balaban J connectivity index is 2.38. The minimum absolute atomic E-state index is 0.0551. The molecule has 3 nitrogen and oxygen atoms in total. The first-order chi connectivity index (χ1) is 4.58. The lowest BCUT2D eigenvalue weighted by molar-refractivity contribution is -0.305. The highest BCUT2D eigenvalue weighted by Crippen LogP contribution is 2.20. The van der Waals surface area contributed by atoms with Gasteiger partial charge in [0.2, 0.25) is 0 Å². The van der Waals surface area contributed by atoms with Crippen molar-refractivity contribution in [3.05, 3.63) is 12.0 Å². The molecule has 58 valence electrons. The Kier molecular flexibility index (Phi) is 1.71. The van der Waals surface area contributed by atoms with Gasteiger partial charge in [0.1, 0.15) is 5.76 Å². The summed E-state index contributed by atoms with van der Waals surface area (Å²) in [5.74, 6) is -0.160. The number of halogens is 3. The molecule has 0 unspecified atom stereocenters. The van der Waals surface area contributed by atoms with E-state index in [-0.39, 0.29) is 12.3 Å². The molecule has 0 atom stereocenters. The molecule has 0 bridgehead atoms. The van der Waals surface area contributed by atoms with Crippen molar-refractivity contribution >= 4 is 0 Å². The van der Waals surface area contributed by atoms with Crippen LogP contribution in [0.5, 0.6) is 0 Å². The molecule has 0 aromatic carbocycles. The van der Waals surface area contributed by atoms with Gasteiger partial charge in [-0.05, 0) is 0 Å². The maximum absolute atomic E-state index is 11.4. The van der Waals surface area contributed by atoms with Crippen molar-refractivity contribution < 1.29 is 17.9 Å². The fourth-order valence-corrected chi connectivity index (χ4v) is 0.535. The number of hydrogen-bond donors (Lipinski definition) is 2. The van der Waals surface area contributed by atoms with Crippen LogP contribution in [0.1, 0.15) is 0 Å². The van der Waals surface area contributed by atoms with E-state index >= 15 is 0 Å². The number of nitrogens with one attached hydrogen (secondary N) is 2. The summed E-state index contributed by atoms with van der Waals surface area (Å²) in [6, 6.07) is 0. The first-order valence-electron chi connectivity index (χ1n) is 2.51. The predicted molar refractivity (Wildman–Crippen MR) is 26.4 cm³/mol. The van der Waals surface area contributed by atoms with Gasteiger partial charge in [0.25, 0.3) is 0 Å². The third-order valence-electron chi connectivity index (χ3n) is 0.845. The second-order valence-electron chi connectivity index (χ2n) is 1.66. The van der Waals surface area contributed by atoms with Crippen LogP contribution >= 0.6 is 0 Å². The zero-order valence-electron chi connectivity index (χ0n) is 4.83. The minimum Gasteiger partial charge on any atom is -0.407 e. The summed E-state index contributed by atoms with van der Waals surface area (Å²) in [6.07, 6.45) is -3.47. The molecule has 0 aromatic heterocycles. The first kappa shape index (κ1) is 7.20. The van der Waals surface area contributed by atoms with Gasteiger partial charge < -0.3 is 10.2 Å². The molecule has 0 saturated carbocycles. The Bertz CT molecular complexity index is 153. The molecular weight excluding hydrogens is 149 g/mol. The average Bonchev–Trinajstić information content (AvgIpc) is 2.12. The van der Waals surface area contributed by atoms with Crippen molar-refractivity contribution in [3.63, 3.8) is 0 Å². The molecule has 1 aliphatic heterocycles. The number of hydrazine groups is 1. The van der Waals surface area contributed by atoms with Gasteiger partial charge in [0.05, 0.1) is 12.7 Å². The maximum Gasteiger partial charge on any atom is 0.572 e. The van der Waals surface area contributed by atoms with Gasteiger partial charge in [-0.2, -0.15) is 0 Å². The molecule has 0 saturated heterocycles. The van der Waals surface area contributed by atoms with Gasteiger partial charge in [0, 0.05) is 0 Å². The van der Waals surface area contributed by atoms with Crippen molar-refractivity contribution in [1.82, 2.24) is 10.9 Å². The van der Waals surface area contributed by atoms with E-state index in [2.05, 4.69) is 15.6 Å². The van der Waals surface area contributed by atoms with E-state index < -0.39 is 6.36 Å². The molecule has 0 aromatic rings. The lowest BCUT2D eigenvalue weighted by Gasteiger charge is -2.07. The summed E-state index contributed by atoms with van der Waals surface area (Å²) in [5, 5.41) is 0. The topological polar surface area (TPSA) is 33.3 Å². The normalized spacial score (nSPS) is 18.1. The highest BCUT2D eigenvalue weighted by atomic mass is 19.4. The lowest BCUT2D eigenvalue weighted by atomic mass is 10.6. The van der Waals surface area contributed by atoms with Crippen molar-refractivity contribution in [3.8, 4) is 0 Å². The van der Waals surface area contributed by atoms with E-state index in [4.69, 9.17) is 0 Å². The Labute approximate surface area is 54.8 Å². The minimum atomic E-state index is -4.58. The second kappa shape index (κ2) is 2.37. The molecule has 0 radical (unpaired) electrons. The van der Waals surface area contributed by atoms with Crippen LogP contribution in [0.15, 0.2) is 12.0 Å². The average molecular weight is 154 g/mol. The number of alkyl halides is 3. The van der Waals surface area contributed by atoms with E-state index in [0.29, 0.717) is 0 Å². The summed E-state index contributed by atoms with van der Waals surface area (Å²) in [5.41, 5.74) is 4.79. The predicted octanol–water partition coefficient (Wildman–Crippen LogP) is 0.472. The van der Waals surface area contributed by atoms with E-state index in [1.807, 2.05) is 0 Å². The number of ether oxygens (including phenoxy) is 1. The second-order valence-corrected chi connectivity index (χ2v) is 1.66. The van der Waals surface area contributed by atoms with E-state index in [9.17, 15) is 13.2 Å². The third-order valence-corrected chi connectivity index (χ3v) is 0.845. The zero-order chi connectivity index (χ0) is 7.61. The van der Waals surface area contributed by atoms with Crippen molar-refractivity contribution in [2.75, 3.05) is 6.54 Å². The van der Waals surface area contributed by atoms with Crippen LogP contribution in [0.2, 0.25) is 0 Å². The Hall–Kier alpha value is -0.910. The van der Waals surface area contributed by atoms with Crippen LogP contribution in [-0.2, 0) is 4.74 Å². The van der Waals surface area contributed by atoms with Crippen LogP contribution in [0.4, 0.5) is 13.2 Å². The van der Waals surface area contributed by atoms with Gasteiger partial charge in [-0.15, -0.1) is 13.2 Å². The molecule has 1 heterocycles. The molecule has 0 spiro atoms. The molecule has 0 fully saturated rings. The standard InChI is InChI=1S/C4H5F3N2O/c5-4(6,7)10-3-1-8-9-2-3/h1,8-9H,2H2. The van der Waals surface area contributed by atoms with Crippen LogP contribution in [0.3, 0.4) is 0 Å². The Morgan fingerprint density at radius 2 is 2.20 bits per heavy atom. The maximum atomic E-state index is 11.4. The first-order valence-corrected chi connectivity index (χ1v) is 2.51. The van der Waals surface area contributed by atoms with E-state index in [0.717, 1.165) is 6.20 Å². The quantitative estimate of drug-likeness (QED) is 0.576. The van der Waals surface area contributed by atoms with E-state index in [1.54, 1.807) is 0 Å². The largest absolute Gasteiger partial charge is 0.572 e. The SMILES string of the molecule is FC(F)(F)OC1=CNNC1. The summed E-state index contributed by atoms with van der Waals surface area (Å²) in [6.45, 7) is 0.0551. The fraction of sp³-hybridized carbons (Fsp3) is 0.500. The molecule has 0 aliphatic carbocycles. The van der Waals surface area contributed by atoms with Crippen LogP contribution in [0.25, 0.3) is 0 Å². The lowest BCUT2D eigenvalue weighted by Crippen LogP contribution is -2.21. The van der Waals surface area contributed by atoms with Crippen LogP contribution in [-0.4, -0.2) is 12.9 Å². The highest BCUT2D eigenvalue weighted by molar-refractivity contribution is 4.98. The van der Waals surface area contributed by atoms with Gasteiger partial charge in [-0.25, -0.2) is 5.43 Å². The third kappa shape index (κ3) is 2.14.